The number of aromatic nitrogens is 2. The fourth-order valence-electron chi connectivity index (χ4n) is 4.40. The fraction of sp³-hybridized carbons (Fsp3) is 0.367. The molecule has 0 aliphatic carbocycles. The molecule has 1 atom stereocenters. The van der Waals surface area contributed by atoms with Crippen molar-refractivity contribution in [3.05, 3.63) is 60.4 Å². The summed E-state index contributed by atoms with van der Waals surface area (Å²) in [6.45, 7) is 8.23. The molecule has 4 rings (SSSR count). The molecule has 2 N–H and O–H groups in total. The van der Waals surface area contributed by atoms with Crippen LogP contribution in [0.15, 0.2) is 54.9 Å². The third kappa shape index (κ3) is 7.31. The molecule has 3 aromatic rings. The number of anilines is 3. The zero-order valence-corrected chi connectivity index (χ0v) is 22.1. The topological polar surface area (TPSA) is 88.6 Å². The number of rotatable bonds is 12. The molecule has 8 nitrogen and oxygen atoms in total. The minimum absolute atomic E-state index is 0.0822. The lowest BCUT2D eigenvalue weighted by Crippen LogP contribution is -2.25. The highest BCUT2D eigenvalue weighted by Gasteiger charge is 2.20. The second kappa shape index (κ2) is 13.6. The normalized spacial score (nSPS) is 15.2. The zero-order chi connectivity index (χ0) is 26.7. The van der Waals surface area contributed by atoms with Gasteiger partial charge in [-0.1, -0.05) is 31.9 Å². The van der Waals surface area contributed by atoms with Crippen LogP contribution < -0.4 is 15.4 Å². The number of nitrogens with one attached hydrogen (secondary N) is 2. The summed E-state index contributed by atoms with van der Waals surface area (Å²) in [6.07, 6.45) is 13.4. The third-order valence-corrected chi connectivity index (χ3v) is 6.18. The molecule has 198 valence electrons. The van der Waals surface area contributed by atoms with Crippen LogP contribution in [0.4, 0.5) is 17.2 Å². The van der Waals surface area contributed by atoms with Crippen LogP contribution in [0.3, 0.4) is 0 Å². The lowest BCUT2D eigenvalue weighted by molar-refractivity contribution is -0.111. The van der Waals surface area contributed by atoms with E-state index in [2.05, 4.69) is 45.3 Å². The summed E-state index contributed by atoms with van der Waals surface area (Å²) in [4.78, 5) is 24.1. The van der Waals surface area contributed by atoms with Crippen LogP contribution in [-0.4, -0.2) is 59.7 Å². The number of hydrogen-bond acceptors (Lipinski definition) is 7. The van der Waals surface area contributed by atoms with Crippen molar-refractivity contribution in [2.45, 2.75) is 39.2 Å². The molecule has 1 aliphatic heterocycles. The Labute approximate surface area is 224 Å². The summed E-state index contributed by atoms with van der Waals surface area (Å²) in [7, 11) is 0. The lowest BCUT2D eigenvalue weighted by atomic mass is 10.1. The second-order valence-corrected chi connectivity index (χ2v) is 9.23. The molecule has 8 heteroatoms. The minimum atomic E-state index is -0.224. The molecule has 38 heavy (non-hydrogen) atoms. The summed E-state index contributed by atoms with van der Waals surface area (Å²) in [5, 5.41) is 7.07. The Bertz CT molecular complexity index is 1300. The summed E-state index contributed by atoms with van der Waals surface area (Å²) < 4.78 is 11.7. The van der Waals surface area contributed by atoms with E-state index in [9.17, 15) is 4.79 Å². The monoisotopic (exact) mass is 513 g/mol. The maximum atomic E-state index is 12.9. The van der Waals surface area contributed by atoms with E-state index >= 15 is 0 Å². The van der Waals surface area contributed by atoms with Crippen molar-refractivity contribution in [2.24, 2.45) is 0 Å². The first-order valence-corrected chi connectivity index (χ1v) is 13.2. The predicted octanol–water partition coefficient (Wildman–Crippen LogP) is 5.14. The number of benzene rings is 2. The first-order valence-electron chi connectivity index (χ1n) is 13.2. The lowest BCUT2D eigenvalue weighted by Gasteiger charge is -2.19. The molecule has 1 aliphatic rings. The highest BCUT2D eigenvalue weighted by molar-refractivity contribution is 6.03. The van der Waals surface area contributed by atoms with Gasteiger partial charge in [0, 0.05) is 41.7 Å². The van der Waals surface area contributed by atoms with E-state index in [1.54, 1.807) is 6.08 Å². The summed E-state index contributed by atoms with van der Waals surface area (Å²) in [6, 6.07) is 11.2. The van der Waals surface area contributed by atoms with E-state index in [0.29, 0.717) is 36.0 Å². The summed E-state index contributed by atoms with van der Waals surface area (Å²) >= 11 is 0. The number of carbonyl (C=O) groups excluding carboxylic acids is 1. The van der Waals surface area contributed by atoms with Crippen LogP contribution in [0.1, 0.15) is 38.7 Å². The fourth-order valence-corrected chi connectivity index (χ4v) is 4.40. The molecule has 2 heterocycles. The van der Waals surface area contributed by atoms with E-state index in [1.165, 1.54) is 6.33 Å². The van der Waals surface area contributed by atoms with Gasteiger partial charge in [0.15, 0.2) is 0 Å². The van der Waals surface area contributed by atoms with Gasteiger partial charge in [-0.15, -0.1) is 6.42 Å². The number of nitrogens with zero attached hydrogens (tertiary/aromatic N) is 3. The van der Waals surface area contributed by atoms with E-state index in [1.807, 2.05) is 42.5 Å². The van der Waals surface area contributed by atoms with Crippen LogP contribution in [0.25, 0.3) is 10.9 Å². The van der Waals surface area contributed by atoms with Gasteiger partial charge in [-0.3, -0.25) is 9.69 Å². The quantitative estimate of drug-likeness (QED) is 0.256. The Hall–Kier alpha value is -3.93. The first kappa shape index (κ1) is 27.1. The van der Waals surface area contributed by atoms with Gasteiger partial charge in [-0.05, 0) is 50.2 Å². The van der Waals surface area contributed by atoms with Crippen molar-refractivity contribution in [1.29, 1.82) is 0 Å². The van der Waals surface area contributed by atoms with E-state index in [4.69, 9.17) is 15.9 Å². The molecule has 2 aromatic carbocycles. The molecule has 1 aromatic heterocycles. The Morgan fingerprint density at radius 2 is 2.08 bits per heavy atom. The molecule has 0 saturated carbocycles. The van der Waals surface area contributed by atoms with Crippen molar-refractivity contribution in [3.8, 4) is 18.1 Å². The molecule has 1 fully saturated rings. The Kier molecular flexibility index (Phi) is 9.68. The van der Waals surface area contributed by atoms with Crippen molar-refractivity contribution >= 4 is 34.0 Å². The van der Waals surface area contributed by atoms with Crippen LogP contribution in [0.2, 0.25) is 0 Å². The molecule has 1 saturated heterocycles. The average molecular weight is 514 g/mol. The molecular weight excluding hydrogens is 478 g/mol. The maximum Gasteiger partial charge on any atom is 0.248 e. The smallest absolute Gasteiger partial charge is 0.248 e. The van der Waals surface area contributed by atoms with E-state index in [-0.39, 0.29) is 12.0 Å². The summed E-state index contributed by atoms with van der Waals surface area (Å²) in [5.74, 6) is 3.57. The first-order chi connectivity index (χ1) is 18.6. The standard InChI is InChI=1S/C30H35N5O3/c1-4-13-35(14-5-2)15-8-11-29(36)34-27-18-25-26(19-28(27)38-24-12-16-37-20-24)31-21-32-30(25)33-23-10-7-9-22(6-3)17-23/h3,7-11,17-19,21,24H,4-5,12-16,20H2,1-2H3,(H,34,36)(H,31,32,33)/t24-/m0/s1. The number of carbonyl (C=O) groups is 1. The van der Waals surface area contributed by atoms with Gasteiger partial charge in [-0.25, -0.2) is 9.97 Å². The maximum absolute atomic E-state index is 12.9. The molecule has 0 radical (unpaired) electrons. The Morgan fingerprint density at radius 1 is 1.24 bits per heavy atom. The zero-order valence-electron chi connectivity index (χ0n) is 22.1. The van der Waals surface area contributed by atoms with Gasteiger partial charge in [0.25, 0.3) is 0 Å². The average Bonchev–Trinajstić information content (AvgIpc) is 3.43. The second-order valence-electron chi connectivity index (χ2n) is 9.23. The van der Waals surface area contributed by atoms with Gasteiger partial charge in [0.05, 0.1) is 24.4 Å². The van der Waals surface area contributed by atoms with Crippen LogP contribution in [0, 0.1) is 12.3 Å². The highest BCUT2D eigenvalue weighted by atomic mass is 16.5. The number of terminal acetylenes is 1. The van der Waals surface area contributed by atoms with Crippen molar-refractivity contribution in [3.63, 3.8) is 0 Å². The van der Waals surface area contributed by atoms with Gasteiger partial charge in [-0.2, -0.15) is 0 Å². The van der Waals surface area contributed by atoms with Crippen LogP contribution in [0.5, 0.6) is 5.75 Å². The predicted molar refractivity (Wildman–Crippen MR) is 152 cm³/mol. The molecule has 0 bridgehead atoms. The largest absolute Gasteiger partial charge is 0.486 e. The summed E-state index contributed by atoms with van der Waals surface area (Å²) in [5.41, 5.74) is 2.81. The van der Waals surface area contributed by atoms with Crippen LogP contribution in [-0.2, 0) is 9.53 Å². The van der Waals surface area contributed by atoms with Gasteiger partial charge in [0.2, 0.25) is 5.91 Å². The molecule has 1 amide bonds. The Balaban J connectivity index is 1.61. The third-order valence-electron chi connectivity index (χ3n) is 6.18. The molecular formula is C30H35N5O3. The highest BCUT2D eigenvalue weighted by Crippen LogP contribution is 2.34. The van der Waals surface area contributed by atoms with E-state index in [0.717, 1.165) is 55.5 Å². The van der Waals surface area contributed by atoms with Crippen LogP contribution >= 0.6 is 0 Å². The van der Waals surface area contributed by atoms with Gasteiger partial charge in [0.1, 0.15) is 24.0 Å². The molecule has 0 spiro atoms. The number of hydrogen-bond donors (Lipinski definition) is 2. The van der Waals surface area contributed by atoms with Gasteiger partial charge < -0.3 is 20.1 Å². The molecule has 0 unspecified atom stereocenters. The number of fused-ring (bicyclic) bond motifs is 1. The van der Waals surface area contributed by atoms with Gasteiger partial charge >= 0.3 is 0 Å². The Morgan fingerprint density at radius 3 is 2.82 bits per heavy atom. The SMILES string of the molecule is C#Cc1cccc(Nc2ncnc3cc(O[C@H]4CCOC4)c(NC(=O)C=CCN(CCC)CCC)cc23)c1. The van der Waals surface area contributed by atoms with Crippen molar-refractivity contribution < 1.29 is 14.3 Å². The minimum Gasteiger partial charge on any atom is -0.486 e. The number of ether oxygens (including phenoxy) is 2. The van der Waals surface area contributed by atoms with E-state index < -0.39 is 0 Å². The van der Waals surface area contributed by atoms with Crippen molar-refractivity contribution in [2.75, 3.05) is 43.5 Å². The van der Waals surface area contributed by atoms with Crippen molar-refractivity contribution in [1.82, 2.24) is 14.9 Å². The number of amides is 1.